The van der Waals surface area contributed by atoms with Crippen LogP contribution in [0.5, 0.6) is 5.75 Å². The van der Waals surface area contributed by atoms with E-state index in [-0.39, 0.29) is 0 Å². The molecule has 0 fully saturated rings. The second-order valence-electron chi connectivity index (χ2n) is 7.69. The Hall–Kier alpha value is -3.11. The van der Waals surface area contributed by atoms with Gasteiger partial charge in [0.15, 0.2) is 0 Å². The topological polar surface area (TPSA) is 41.6 Å². The SMILES string of the molecule is CCCN(CCc1ccccc1)CCc1ccc(OCc2ccccc2)c(NC=O)c1. The molecule has 0 bridgehead atoms. The first-order valence-electron chi connectivity index (χ1n) is 11.0. The summed E-state index contributed by atoms with van der Waals surface area (Å²) in [6, 6.07) is 26.7. The van der Waals surface area contributed by atoms with Gasteiger partial charge in [-0.15, -0.1) is 0 Å². The molecule has 0 aliphatic rings. The van der Waals surface area contributed by atoms with Crippen LogP contribution in [0.15, 0.2) is 78.9 Å². The molecule has 162 valence electrons. The van der Waals surface area contributed by atoms with Crippen molar-refractivity contribution >= 4 is 12.1 Å². The minimum absolute atomic E-state index is 0.470. The zero-order valence-corrected chi connectivity index (χ0v) is 18.3. The average Bonchev–Trinajstić information content (AvgIpc) is 2.82. The number of hydrogen-bond acceptors (Lipinski definition) is 3. The van der Waals surface area contributed by atoms with Crippen molar-refractivity contribution in [3.63, 3.8) is 0 Å². The molecule has 3 aromatic carbocycles. The van der Waals surface area contributed by atoms with E-state index in [1.807, 2.05) is 42.5 Å². The van der Waals surface area contributed by atoms with Crippen molar-refractivity contribution in [2.24, 2.45) is 0 Å². The maximum atomic E-state index is 11.1. The average molecular weight is 417 g/mol. The predicted octanol–water partition coefficient (Wildman–Crippen LogP) is 5.33. The lowest BCUT2D eigenvalue weighted by atomic mass is 10.1. The van der Waals surface area contributed by atoms with E-state index in [9.17, 15) is 4.79 Å². The van der Waals surface area contributed by atoms with Gasteiger partial charge in [-0.2, -0.15) is 0 Å². The van der Waals surface area contributed by atoms with Gasteiger partial charge in [-0.3, -0.25) is 4.79 Å². The molecule has 0 unspecified atom stereocenters. The van der Waals surface area contributed by atoms with Crippen LogP contribution >= 0.6 is 0 Å². The summed E-state index contributed by atoms with van der Waals surface area (Å²) in [4.78, 5) is 13.6. The quantitative estimate of drug-likeness (QED) is 0.383. The normalized spacial score (nSPS) is 10.8. The lowest BCUT2D eigenvalue weighted by Crippen LogP contribution is -2.29. The Morgan fingerprint density at radius 3 is 2.10 bits per heavy atom. The molecule has 3 rings (SSSR count). The number of hydrogen-bond donors (Lipinski definition) is 1. The standard InChI is InChI=1S/C27H32N2O2/c1-2-17-29(18-15-23-9-5-3-6-10-23)19-16-24-13-14-27(26(20-24)28-22-30)31-21-25-11-7-4-8-12-25/h3-14,20,22H,2,15-19,21H2,1H3,(H,28,30). The van der Waals surface area contributed by atoms with Crippen LogP contribution in [-0.4, -0.2) is 30.9 Å². The summed E-state index contributed by atoms with van der Waals surface area (Å²) in [6.07, 6.45) is 3.84. The maximum Gasteiger partial charge on any atom is 0.211 e. The summed E-state index contributed by atoms with van der Waals surface area (Å²) in [5, 5.41) is 2.79. The number of carbonyl (C=O) groups is 1. The molecule has 0 aliphatic heterocycles. The fourth-order valence-electron chi connectivity index (χ4n) is 3.64. The highest BCUT2D eigenvalue weighted by Crippen LogP contribution is 2.26. The van der Waals surface area contributed by atoms with Crippen molar-refractivity contribution in [2.75, 3.05) is 25.0 Å². The summed E-state index contributed by atoms with van der Waals surface area (Å²) < 4.78 is 5.95. The van der Waals surface area contributed by atoms with Crippen LogP contribution < -0.4 is 10.1 Å². The predicted molar refractivity (Wildman–Crippen MR) is 127 cm³/mol. The van der Waals surface area contributed by atoms with E-state index < -0.39 is 0 Å². The molecular weight excluding hydrogens is 384 g/mol. The van der Waals surface area contributed by atoms with Crippen LogP contribution in [0.3, 0.4) is 0 Å². The van der Waals surface area contributed by atoms with E-state index in [0.29, 0.717) is 18.8 Å². The van der Waals surface area contributed by atoms with Crippen molar-refractivity contribution < 1.29 is 9.53 Å². The lowest BCUT2D eigenvalue weighted by molar-refractivity contribution is -0.105. The number of carbonyl (C=O) groups excluding carboxylic acids is 1. The molecule has 3 aromatic rings. The second kappa shape index (κ2) is 12.6. The van der Waals surface area contributed by atoms with Gasteiger partial charge in [-0.05, 0) is 54.6 Å². The fraction of sp³-hybridized carbons (Fsp3) is 0.296. The number of nitrogens with one attached hydrogen (secondary N) is 1. The molecule has 1 amide bonds. The van der Waals surface area contributed by atoms with Crippen molar-refractivity contribution in [3.8, 4) is 5.75 Å². The van der Waals surface area contributed by atoms with Crippen LogP contribution in [0.2, 0.25) is 0 Å². The molecule has 0 aromatic heterocycles. The molecule has 0 saturated heterocycles. The fourth-order valence-corrected chi connectivity index (χ4v) is 3.64. The largest absolute Gasteiger partial charge is 0.487 e. The first kappa shape index (κ1) is 22.6. The Morgan fingerprint density at radius 2 is 1.45 bits per heavy atom. The van der Waals surface area contributed by atoms with Gasteiger partial charge in [0.25, 0.3) is 0 Å². The van der Waals surface area contributed by atoms with E-state index in [2.05, 4.69) is 53.5 Å². The van der Waals surface area contributed by atoms with Crippen LogP contribution in [0.25, 0.3) is 0 Å². The van der Waals surface area contributed by atoms with Gasteiger partial charge in [0.05, 0.1) is 5.69 Å². The third kappa shape index (κ3) is 7.58. The zero-order valence-electron chi connectivity index (χ0n) is 18.3. The van der Waals surface area contributed by atoms with Crippen LogP contribution in [0.4, 0.5) is 5.69 Å². The molecule has 1 N–H and O–H groups in total. The monoisotopic (exact) mass is 416 g/mol. The van der Waals surface area contributed by atoms with Gasteiger partial charge in [0.2, 0.25) is 6.41 Å². The Morgan fingerprint density at radius 1 is 0.806 bits per heavy atom. The second-order valence-corrected chi connectivity index (χ2v) is 7.69. The van der Waals surface area contributed by atoms with Crippen molar-refractivity contribution in [1.82, 2.24) is 4.90 Å². The van der Waals surface area contributed by atoms with E-state index in [0.717, 1.165) is 50.1 Å². The highest BCUT2D eigenvalue weighted by atomic mass is 16.5. The number of rotatable bonds is 13. The number of anilines is 1. The van der Waals surface area contributed by atoms with Crippen molar-refractivity contribution in [1.29, 1.82) is 0 Å². The lowest BCUT2D eigenvalue weighted by Gasteiger charge is -2.22. The first-order chi connectivity index (χ1) is 15.3. The molecule has 0 aliphatic carbocycles. The van der Waals surface area contributed by atoms with Crippen molar-refractivity contribution in [3.05, 3.63) is 95.6 Å². The van der Waals surface area contributed by atoms with E-state index in [4.69, 9.17) is 4.74 Å². The number of ether oxygens (including phenoxy) is 1. The molecule has 4 heteroatoms. The zero-order chi connectivity index (χ0) is 21.7. The molecular formula is C27H32N2O2. The molecule has 0 radical (unpaired) electrons. The third-order valence-electron chi connectivity index (χ3n) is 5.31. The third-order valence-corrected chi connectivity index (χ3v) is 5.31. The number of nitrogens with zero attached hydrogens (tertiary/aromatic N) is 1. The Kier molecular flexibility index (Phi) is 9.14. The van der Waals surface area contributed by atoms with E-state index >= 15 is 0 Å². The summed E-state index contributed by atoms with van der Waals surface area (Å²) in [5.74, 6) is 0.689. The molecule has 0 spiro atoms. The summed E-state index contributed by atoms with van der Waals surface area (Å²) in [6.45, 7) is 5.82. The highest BCUT2D eigenvalue weighted by Gasteiger charge is 2.09. The summed E-state index contributed by atoms with van der Waals surface area (Å²) >= 11 is 0. The van der Waals surface area contributed by atoms with Gasteiger partial charge >= 0.3 is 0 Å². The van der Waals surface area contributed by atoms with Gasteiger partial charge in [0, 0.05) is 13.1 Å². The molecule has 4 nitrogen and oxygen atoms in total. The van der Waals surface area contributed by atoms with Crippen molar-refractivity contribution in [2.45, 2.75) is 32.8 Å². The van der Waals surface area contributed by atoms with Crippen LogP contribution in [0, 0.1) is 0 Å². The molecule has 31 heavy (non-hydrogen) atoms. The smallest absolute Gasteiger partial charge is 0.211 e. The number of amides is 1. The summed E-state index contributed by atoms with van der Waals surface area (Å²) in [7, 11) is 0. The Labute approximate surface area is 185 Å². The Bertz CT molecular complexity index is 913. The van der Waals surface area contributed by atoms with E-state index in [1.165, 1.54) is 11.1 Å². The Balaban J connectivity index is 1.58. The van der Waals surface area contributed by atoms with Gasteiger partial charge in [-0.1, -0.05) is 73.7 Å². The van der Waals surface area contributed by atoms with Gasteiger partial charge in [0.1, 0.15) is 12.4 Å². The molecule has 0 atom stereocenters. The van der Waals surface area contributed by atoms with Gasteiger partial charge in [-0.25, -0.2) is 0 Å². The highest BCUT2D eigenvalue weighted by molar-refractivity contribution is 5.75. The molecule has 0 saturated carbocycles. The van der Waals surface area contributed by atoms with Crippen LogP contribution in [-0.2, 0) is 24.2 Å². The van der Waals surface area contributed by atoms with E-state index in [1.54, 1.807) is 0 Å². The molecule has 0 heterocycles. The minimum atomic E-state index is 0.470. The van der Waals surface area contributed by atoms with Crippen LogP contribution in [0.1, 0.15) is 30.0 Å². The maximum absolute atomic E-state index is 11.1. The number of benzene rings is 3. The minimum Gasteiger partial charge on any atom is -0.487 e. The van der Waals surface area contributed by atoms with Gasteiger partial charge < -0.3 is 15.0 Å². The first-order valence-corrected chi connectivity index (χ1v) is 11.0. The summed E-state index contributed by atoms with van der Waals surface area (Å²) in [5.41, 5.74) is 4.38.